The van der Waals surface area contributed by atoms with Crippen LogP contribution in [0.3, 0.4) is 0 Å². The molecule has 3 aromatic rings. The first-order valence-electron chi connectivity index (χ1n) is 12.6. The second-order valence-electron chi connectivity index (χ2n) is 12.5. The molecule has 0 atom stereocenters. The molecule has 0 saturated heterocycles. The lowest BCUT2D eigenvalue weighted by Crippen LogP contribution is -2.12. The Morgan fingerprint density at radius 2 is 1.08 bits per heavy atom. The summed E-state index contributed by atoms with van der Waals surface area (Å²) in [7, 11) is 0. The third-order valence-corrected chi connectivity index (χ3v) is 6.20. The van der Waals surface area contributed by atoms with Gasteiger partial charge in [0.15, 0.2) is 17.5 Å². The van der Waals surface area contributed by atoms with E-state index in [1.807, 2.05) is 42.9 Å². The summed E-state index contributed by atoms with van der Waals surface area (Å²) < 4.78 is 0. The number of hydrogen-bond donors (Lipinski definition) is 0. The van der Waals surface area contributed by atoms with Gasteiger partial charge in [0.05, 0.1) is 0 Å². The molecule has 1 aliphatic heterocycles. The molecule has 0 amide bonds. The van der Waals surface area contributed by atoms with E-state index in [0.717, 1.165) is 16.7 Å². The van der Waals surface area contributed by atoms with Crippen molar-refractivity contribution in [3.8, 4) is 23.0 Å². The van der Waals surface area contributed by atoms with Crippen molar-refractivity contribution in [1.82, 2.24) is 24.9 Å². The first-order chi connectivity index (χ1) is 17.2. The van der Waals surface area contributed by atoms with Crippen LogP contribution >= 0.6 is 0 Å². The van der Waals surface area contributed by atoms with Gasteiger partial charge in [-0.25, -0.2) is 15.0 Å². The zero-order valence-electron chi connectivity index (χ0n) is 23.4. The van der Waals surface area contributed by atoms with Crippen LogP contribution in [0.1, 0.15) is 79.3 Å². The average molecular weight is 493 g/mol. The highest BCUT2D eigenvalue weighted by atomic mass is 15.1. The lowest BCUT2D eigenvalue weighted by atomic mass is 9.88. The molecule has 37 heavy (non-hydrogen) atoms. The number of nitrogens with zero attached hydrogens (tertiary/aromatic N) is 6. The minimum absolute atomic E-state index is 0.00361. The number of pyridine rings is 2. The largest absolute Gasteiger partial charge is 0.253 e. The molecular weight excluding hydrogens is 456 g/mol. The summed E-state index contributed by atoms with van der Waals surface area (Å²) in [6, 6.07) is 8.08. The fraction of sp³-hybridized carbons (Fsp3) is 0.387. The summed E-state index contributed by atoms with van der Waals surface area (Å²) in [6.07, 6.45) is 9.37. The molecule has 0 saturated carbocycles. The fourth-order valence-corrected chi connectivity index (χ4v) is 3.63. The number of allylic oxidation sites excluding steroid dienone is 2. The normalized spacial score (nSPS) is 14.3. The summed E-state index contributed by atoms with van der Waals surface area (Å²) in [4.78, 5) is 28.4. The van der Waals surface area contributed by atoms with E-state index in [-0.39, 0.29) is 16.2 Å². The zero-order chi connectivity index (χ0) is 27.0. The highest BCUT2D eigenvalue weighted by Crippen LogP contribution is 2.28. The second kappa shape index (κ2) is 9.60. The molecule has 1 aliphatic rings. The van der Waals surface area contributed by atoms with Crippen molar-refractivity contribution in [3.05, 3.63) is 77.1 Å². The summed E-state index contributed by atoms with van der Waals surface area (Å²) in [5.74, 6) is 1.43. The third-order valence-electron chi connectivity index (χ3n) is 6.20. The molecule has 3 aromatic heterocycles. The molecule has 0 unspecified atom stereocenters. The highest BCUT2D eigenvalue weighted by molar-refractivity contribution is 5.86. The molecule has 0 N–H and O–H groups in total. The molecular formula is C31H36N6. The van der Waals surface area contributed by atoms with Gasteiger partial charge in [-0.2, -0.15) is 0 Å². The molecule has 4 heterocycles. The van der Waals surface area contributed by atoms with Crippen molar-refractivity contribution in [3.63, 3.8) is 0 Å². The average Bonchev–Trinajstić information content (AvgIpc) is 3.10. The Morgan fingerprint density at radius 1 is 0.595 bits per heavy atom. The maximum absolute atomic E-state index is 4.78. The van der Waals surface area contributed by atoms with E-state index < -0.39 is 0 Å². The van der Waals surface area contributed by atoms with Gasteiger partial charge in [-0.05, 0) is 51.7 Å². The van der Waals surface area contributed by atoms with Crippen molar-refractivity contribution in [2.24, 2.45) is 10.4 Å². The van der Waals surface area contributed by atoms with Crippen molar-refractivity contribution in [1.29, 1.82) is 0 Å². The van der Waals surface area contributed by atoms with Gasteiger partial charge in [0.1, 0.15) is 17.1 Å². The van der Waals surface area contributed by atoms with Gasteiger partial charge in [-0.3, -0.25) is 15.0 Å². The van der Waals surface area contributed by atoms with Gasteiger partial charge in [-0.1, -0.05) is 74.4 Å². The van der Waals surface area contributed by atoms with Crippen molar-refractivity contribution >= 4 is 11.9 Å². The fourth-order valence-electron chi connectivity index (χ4n) is 3.63. The van der Waals surface area contributed by atoms with Gasteiger partial charge in [0.2, 0.25) is 0 Å². The first kappa shape index (κ1) is 26.3. The molecule has 0 radical (unpaired) electrons. The van der Waals surface area contributed by atoms with Gasteiger partial charge in [-0.15, -0.1) is 5.73 Å². The molecule has 0 bridgehead atoms. The summed E-state index contributed by atoms with van der Waals surface area (Å²) in [5.41, 5.74) is 8.54. The van der Waals surface area contributed by atoms with Crippen molar-refractivity contribution in [2.75, 3.05) is 0 Å². The molecule has 6 heteroatoms. The third kappa shape index (κ3) is 6.15. The quantitative estimate of drug-likeness (QED) is 0.363. The van der Waals surface area contributed by atoms with Gasteiger partial charge in [0, 0.05) is 24.2 Å². The van der Waals surface area contributed by atoms with Gasteiger partial charge >= 0.3 is 0 Å². The van der Waals surface area contributed by atoms with Crippen LogP contribution in [-0.2, 0) is 10.8 Å². The number of rotatable bonds is 3. The molecule has 0 spiro atoms. The molecule has 4 rings (SSSR count). The van der Waals surface area contributed by atoms with E-state index in [9.17, 15) is 0 Å². The van der Waals surface area contributed by atoms with Crippen LogP contribution < -0.4 is 0 Å². The van der Waals surface area contributed by atoms with Gasteiger partial charge in [0.25, 0.3) is 0 Å². The Labute approximate surface area is 220 Å². The SMILES string of the molecule is CC(C)(C)C1=C=CC=C(c2nc(-c3ccc(C(C)(C)C)cn3)nc(-c3ccc(C(C)(C)C)cn3)n2)N=C1. The van der Waals surface area contributed by atoms with E-state index in [2.05, 4.69) is 80.2 Å². The number of aliphatic imine (C=N–C) groups is 1. The van der Waals surface area contributed by atoms with E-state index >= 15 is 0 Å². The van der Waals surface area contributed by atoms with E-state index in [1.54, 1.807) is 0 Å². The van der Waals surface area contributed by atoms with Gasteiger partial charge < -0.3 is 0 Å². The minimum Gasteiger partial charge on any atom is -0.253 e. The first-order valence-corrected chi connectivity index (χ1v) is 12.6. The standard InChI is InChI=1S/C31H36N6/c1-29(2,3)20-11-10-12-23(32-17-20)26-35-27(24-15-13-21(18-33-24)30(4,5)6)37-28(36-26)25-16-14-22(19-34-25)31(7,8)9/h10,12-19H,1-9H3. The van der Waals surface area contributed by atoms with Crippen LogP contribution in [0.25, 0.3) is 28.7 Å². The summed E-state index contributed by atoms with van der Waals surface area (Å²) in [5, 5.41) is 0. The molecule has 0 aliphatic carbocycles. The highest BCUT2D eigenvalue weighted by Gasteiger charge is 2.20. The predicted octanol–water partition coefficient (Wildman–Crippen LogP) is 7.14. The Hall–Kier alpha value is -3.76. The lowest BCUT2D eigenvalue weighted by molar-refractivity contribution is 0.528. The van der Waals surface area contributed by atoms with E-state index in [1.165, 1.54) is 0 Å². The maximum atomic E-state index is 4.78. The molecule has 0 aromatic carbocycles. The van der Waals surface area contributed by atoms with E-state index in [0.29, 0.717) is 34.6 Å². The number of hydrogen-bond acceptors (Lipinski definition) is 6. The van der Waals surface area contributed by atoms with Crippen LogP contribution in [0.5, 0.6) is 0 Å². The molecule has 190 valence electrons. The van der Waals surface area contributed by atoms with Crippen LogP contribution in [0.4, 0.5) is 0 Å². The lowest BCUT2D eigenvalue weighted by Gasteiger charge is -2.18. The zero-order valence-corrected chi connectivity index (χ0v) is 23.4. The monoisotopic (exact) mass is 492 g/mol. The van der Waals surface area contributed by atoms with Crippen molar-refractivity contribution < 1.29 is 0 Å². The van der Waals surface area contributed by atoms with Crippen LogP contribution in [-0.4, -0.2) is 31.1 Å². The molecule has 6 nitrogen and oxygen atoms in total. The second-order valence-corrected chi connectivity index (χ2v) is 12.5. The summed E-state index contributed by atoms with van der Waals surface area (Å²) >= 11 is 0. The Kier molecular flexibility index (Phi) is 6.83. The smallest absolute Gasteiger partial charge is 0.182 e. The van der Waals surface area contributed by atoms with Crippen LogP contribution in [0, 0.1) is 5.41 Å². The Morgan fingerprint density at radius 3 is 1.49 bits per heavy atom. The predicted molar refractivity (Wildman–Crippen MR) is 151 cm³/mol. The Balaban J connectivity index is 1.82. The minimum atomic E-state index is -0.0733. The van der Waals surface area contributed by atoms with Crippen LogP contribution in [0.2, 0.25) is 0 Å². The Bertz CT molecular complexity index is 1340. The summed E-state index contributed by atoms with van der Waals surface area (Å²) in [6.45, 7) is 19.4. The maximum Gasteiger partial charge on any atom is 0.182 e. The van der Waals surface area contributed by atoms with Crippen molar-refractivity contribution in [2.45, 2.75) is 73.1 Å². The topological polar surface area (TPSA) is 76.8 Å². The van der Waals surface area contributed by atoms with E-state index in [4.69, 9.17) is 29.9 Å². The molecule has 0 fully saturated rings. The van der Waals surface area contributed by atoms with Crippen LogP contribution in [0.15, 0.2) is 65.1 Å². The number of aromatic nitrogens is 5.